The lowest BCUT2D eigenvalue weighted by Gasteiger charge is -2.05. The number of nitrogens with two attached hydrogens (primary N) is 4. The largest absolute Gasteiger partial charge is 0.481 e. The van der Waals surface area contributed by atoms with Crippen LogP contribution in [-0.2, 0) is 19.2 Å². The quantitative estimate of drug-likeness (QED) is 0.119. The van der Waals surface area contributed by atoms with Gasteiger partial charge < -0.3 is 43.4 Å². The molecule has 0 aliphatic carbocycles. The summed E-state index contributed by atoms with van der Waals surface area (Å²) in [4.78, 5) is 36.0. The Bertz CT molecular complexity index is 1480. The molecule has 0 amide bonds. The summed E-state index contributed by atoms with van der Waals surface area (Å²) in [5, 5.41) is 46.8. The molecule has 3 rings (SSSR count). The molecule has 244 valence electrons. The second-order valence-electron chi connectivity index (χ2n) is 8.98. The molecule has 0 aromatic heterocycles. The Morgan fingerprint density at radius 3 is 1.13 bits per heavy atom. The minimum atomic E-state index is -0.833. The van der Waals surface area contributed by atoms with Crippen molar-refractivity contribution in [1.82, 2.24) is 0 Å². The summed E-state index contributed by atoms with van der Waals surface area (Å²) in [5.41, 5.74) is 31.0. The summed E-state index contributed by atoms with van der Waals surface area (Å²) < 4.78 is 0. The van der Waals surface area contributed by atoms with Crippen LogP contribution in [0.3, 0.4) is 0 Å². The SMILES string of the molecule is CC(=O)O.CC(=O)O.CC(=O)O.CC(=O)O.Cc1cc(N=Nc2ccc(C)c(N=Nc3cc(C)c(N)cc3N)c2)c(N)cc1N. The van der Waals surface area contributed by atoms with Crippen LogP contribution in [0, 0.1) is 20.8 Å². The first kappa shape index (κ1) is 41.1. The van der Waals surface area contributed by atoms with Gasteiger partial charge in [0.05, 0.1) is 22.7 Å². The number of benzene rings is 3. The van der Waals surface area contributed by atoms with Crippen molar-refractivity contribution in [3.8, 4) is 0 Å². The number of carboxylic acid groups (broad SMARTS) is 4. The van der Waals surface area contributed by atoms with Crippen molar-refractivity contribution in [2.45, 2.75) is 48.5 Å². The van der Waals surface area contributed by atoms with Gasteiger partial charge in [-0.1, -0.05) is 6.07 Å². The molecule has 0 saturated carbocycles. The lowest BCUT2D eigenvalue weighted by Crippen LogP contribution is -1.93. The predicted octanol–water partition coefficient (Wildman–Crippen LogP) is 6.14. The predicted molar refractivity (Wildman–Crippen MR) is 173 cm³/mol. The van der Waals surface area contributed by atoms with Gasteiger partial charge in [-0.15, -0.1) is 10.2 Å². The molecule has 0 aliphatic rings. The molecule has 0 saturated heterocycles. The number of carbonyl (C=O) groups is 4. The number of azo groups is 2. The molecule has 0 radical (unpaired) electrons. The van der Waals surface area contributed by atoms with Crippen LogP contribution in [0.2, 0.25) is 0 Å². The minimum Gasteiger partial charge on any atom is -0.481 e. The maximum absolute atomic E-state index is 9.00. The van der Waals surface area contributed by atoms with E-state index in [0.717, 1.165) is 44.4 Å². The highest BCUT2D eigenvalue weighted by atomic mass is 16.4. The number of aliphatic carboxylic acids is 4. The second-order valence-corrected chi connectivity index (χ2v) is 8.98. The number of hydrogen-bond donors (Lipinski definition) is 8. The van der Waals surface area contributed by atoms with Gasteiger partial charge in [-0.05, 0) is 73.9 Å². The van der Waals surface area contributed by atoms with Gasteiger partial charge in [0, 0.05) is 39.1 Å². The molecule has 0 aliphatic heterocycles. The maximum Gasteiger partial charge on any atom is 0.300 e. The fourth-order valence-electron chi connectivity index (χ4n) is 2.61. The first-order valence-corrected chi connectivity index (χ1v) is 12.7. The Hall–Kier alpha value is -6.06. The lowest BCUT2D eigenvalue weighted by molar-refractivity contribution is -0.135. The van der Waals surface area contributed by atoms with E-state index in [9.17, 15) is 0 Å². The minimum absolute atomic E-state index is 0.470. The zero-order chi connectivity index (χ0) is 35.4. The summed E-state index contributed by atoms with van der Waals surface area (Å²) in [6.07, 6.45) is 0. The fraction of sp³-hybridized carbons (Fsp3) is 0.241. The lowest BCUT2D eigenvalue weighted by atomic mass is 10.1. The van der Waals surface area contributed by atoms with E-state index >= 15 is 0 Å². The summed E-state index contributed by atoms with van der Waals surface area (Å²) in [6.45, 7) is 10.1. The summed E-state index contributed by atoms with van der Waals surface area (Å²) in [5.74, 6) is -3.33. The summed E-state index contributed by atoms with van der Waals surface area (Å²) in [6, 6.07) is 12.5. The van der Waals surface area contributed by atoms with Crippen molar-refractivity contribution in [3.63, 3.8) is 0 Å². The van der Waals surface area contributed by atoms with Gasteiger partial charge in [-0.25, -0.2) is 0 Å². The third-order valence-electron chi connectivity index (χ3n) is 4.56. The average Bonchev–Trinajstić information content (AvgIpc) is 2.87. The molecule has 3 aromatic rings. The standard InChI is InChI=1S/C21H24N8.4C2H4O2/c1-11-4-5-14(26-28-20-6-12(2)15(22)9-17(20)24)8-19(11)27-29-21-7-13(3)16(23)10-18(21)25;4*1-2(3)4/h4-10H,22-25H2,1-3H3;4*1H3,(H,3,4). The summed E-state index contributed by atoms with van der Waals surface area (Å²) >= 11 is 0. The number of carboxylic acids is 4. The molecule has 0 unspecified atom stereocenters. The normalized spacial score (nSPS) is 9.67. The third kappa shape index (κ3) is 20.5. The Labute approximate surface area is 260 Å². The topological polar surface area (TPSA) is 303 Å². The number of rotatable bonds is 4. The van der Waals surface area contributed by atoms with Crippen LogP contribution in [-0.4, -0.2) is 44.3 Å². The van der Waals surface area contributed by atoms with Crippen molar-refractivity contribution >= 4 is 69.4 Å². The maximum atomic E-state index is 9.00. The van der Waals surface area contributed by atoms with Crippen LogP contribution >= 0.6 is 0 Å². The molecule has 0 bridgehead atoms. The number of nitrogens with zero attached hydrogens (tertiary/aromatic N) is 4. The van der Waals surface area contributed by atoms with E-state index in [4.69, 9.17) is 62.5 Å². The molecule has 45 heavy (non-hydrogen) atoms. The van der Waals surface area contributed by atoms with E-state index in [1.165, 1.54) is 0 Å². The van der Waals surface area contributed by atoms with E-state index in [1.807, 2.05) is 32.9 Å². The van der Waals surface area contributed by atoms with Crippen molar-refractivity contribution in [3.05, 3.63) is 59.2 Å². The number of anilines is 4. The second kappa shape index (κ2) is 20.8. The number of hydrogen-bond acceptors (Lipinski definition) is 12. The third-order valence-corrected chi connectivity index (χ3v) is 4.56. The smallest absolute Gasteiger partial charge is 0.300 e. The van der Waals surface area contributed by atoms with Crippen LogP contribution in [0.1, 0.15) is 44.4 Å². The van der Waals surface area contributed by atoms with E-state index < -0.39 is 23.9 Å². The van der Waals surface area contributed by atoms with Crippen molar-refractivity contribution in [2.75, 3.05) is 22.9 Å². The average molecular weight is 629 g/mol. The molecule has 16 nitrogen and oxygen atoms in total. The van der Waals surface area contributed by atoms with Gasteiger partial charge in [0.1, 0.15) is 11.4 Å². The zero-order valence-electron chi connectivity index (χ0n) is 26.1. The van der Waals surface area contributed by atoms with E-state index in [-0.39, 0.29) is 0 Å². The van der Waals surface area contributed by atoms with Gasteiger partial charge >= 0.3 is 0 Å². The Kier molecular flexibility index (Phi) is 18.9. The van der Waals surface area contributed by atoms with Crippen LogP contribution in [0.25, 0.3) is 0 Å². The highest BCUT2D eigenvalue weighted by molar-refractivity contribution is 5.72. The van der Waals surface area contributed by atoms with Crippen LogP contribution in [0.15, 0.2) is 62.9 Å². The molecule has 0 fully saturated rings. The van der Waals surface area contributed by atoms with Crippen LogP contribution in [0.4, 0.5) is 45.5 Å². The van der Waals surface area contributed by atoms with Crippen molar-refractivity contribution < 1.29 is 39.6 Å². The van der Waals surface area contributed by atoms with Crippen LogP contribution in [0.5, 0.6) is 0 Å². The molecule has 0 atom stereocenters. The van der Waals surface area contributed by atoms with Gasteiger partial charge in [0.15, 0.2) is 0 Å². The molecule has 3 aromatic carbocycles. The molecular weight excluding hydrogens is 588 g/mol. The van der Waals surface area contributed by atoms with Gasteiger partial charge in [-0.3, -0.25) is 19.2 Å². The Balaban J connectivity index is 0. The van der Waals surface area contributed by atoms with E-state index in [0.29, 0.717) is 45.5 Å². The van der Waals surface area contributed by atoms with Crippen LogP contribution < -0.4 is 22.9 Å². The monoisotopic (exact) mass is 628 g/mol. The highest BCUT2D eigenvalue weighted by Crippen LogP contribution is 2.33. The van der Waals surface area contributed by atoms with Gasteiger partial charge in [-0.2, -0.15) is 10.2 Å². The van der Waals surface area contributed by atoms with E-state index in [2.05, 4.69) is 20.5 Å². The van der Waals surface area contributed by atoms with E-state index in [1.54, 1.807) is 30.3 Å². The molecule has 16 heteroatoms. The highest BCUT2D eigenvalue weighted by Gasteiger charge is 2.05. The summed E-state index contributed by atoms with van der Waals surface area (Å²) in [7, 11) is 0. The molecular formula is C29H40N8O8. The first-order chi connectivity index (χ1) is 20.7. The zero-order valence-corrected chi connectivity index (χ0v) is 26.1. The molecule has 0 spiro atoms. The Morgan fingerprint density at radius 2 is 0.778 bits per heavy atom. The first-order valence-electron chi connectivity index (χ1n) is 12.7. The Morgan fingerprint density at radius 1 is 0.467 bits per heavy atom. The van der Waals surface area contributed by atoms with Gasteiger partial charge in [0.2, 0.25) is 0 Å². The van der Waals surface area contributed by atoms with Crippen molar-refractivity contribution in [2.24, 2.45) is 20.5 Å². The molecule has 0 heterocycles. The molecule has 12 N–H and O–H groups in total. The fourth-order valence-corrected chi connectivity index (χ4v) is 2.61. The van der Waals surface area contributed by atoms with Gasteiger partial charge in [0.25, 0.3) is 23.9 Å². The van der Waals surface area contributed by atoms with Crippen molar-refractivity contribution in [1.29, 1.82) is 0 Å². The number of aryl methyl sites for hydroxylation is 3. The number of nitrogen functional groups attached to an aromatic ring is 4.